The normalized spacial score (nSPS) is 11.8. The predicted molar refractivity (Wildman–Crippen MR) is 76.8 cm³/mol. The van der Waals surface area contributed by atoms with E-state index in [1.807, 2.05) is 12.1 Å². The third-order valence-electron chi connectivity index (χ3n) is 3.11. The van der Waals surface area contributed by atoms with Crippen molar-refractivity contribution in [3.05, 3.63) is 35.1 Å². The zero-order valence-corrected chi connectivity index (χ0v) is 11.9. The molecule has 0 aromatic carbocycles. The molecule has 2 rings (SSSR count). The van der Waals surface area contributed by atoms with E-state index in [1.54, 1.807) is 23.7 Å². The monoisotopic (exact) mass is 261 g/mol. The van der Waals surface area contributed by atoms with E-state index in [4.69, 9.17) is 5.73 Å². The molecule has 0 aliphatic rings. The molecule has 0 unspecified atom stereocenters. The van der Waals surface area contributed by atoms with E-state index in [2.05, 4.69) is 30.7 Å². The Morgan fingerprint density at radius 1 is 1.28 bits per heavy atom. The van der Waals surface area contributed by atoms with Crippen LogP contribution in [-0.2, 0) is 5.41 Å². The highest BCUT2D eigenvalue weighted by molar-refractivity contribution is 7.15. The number of aryl methyl sites for hydroxylation is 1. The average Bonchev–Trinajstić information content (AvgIpc) is 2.73. The lowest BCUT2D eigenvalue weighted by Gasteiger charge is -2.22. The standard InChI is InChI=1S/C14H19N3S/c1-10-12(14(2,3)6-7-15)18-13(17-10)11-4-8-16-9-5-11/h4-5,8-9H,6-7,15H2,1-3H3. The van der Waals surface area contributed by atoms with E-state index in [-0.39, 0.29) is 5.41 Å². The van der Waals surface area contributed by atoms with Crippen molar-refractivity contribution in [2.24, 2.45) is 5.73 Å². The SMILES string of the molecule is Cc1nc(-c2ccncc2)sc1C(C)(C)CCN. The summed E-state index contributed by atoms with van der Waals surface area (Å²) >= 11 is 1.77. The van der Waals surface area contributed by atoms with Gasteiger partial charge in [-0.1, -0.05) is 13.8 Å². The lowest BCUT2D eigenvalue weighted by molar-refractivity contribution is 0.494. The molecule has 0 saturated carbocycles. The molecule has 0 fully saturated rings. The summed E-state index contributed by atoms with van der Waals surface area (Å²) in [6.45, 7) is 7.25. The quantitative estimate of drug-likeness (QED) is 0.920. The number of aromatic nitrogens is 2. The van der Waals surface area contributed by atoms with E-state index in [0.29, 0.717) is 6.54 Å². The molecule has 0 bridgehead atoms. The Kier molecular flexibility index (Phi) is 3.78. The number of rotatable bonds is 4. The van der Waals surface area contributed by atoms with Gasteiger partial charge in [-0.3, -0.25) is 4.98 Å². The summed E-state index contributed by atoms with van der Waals surface area (Å²) in [7, 11) is 0. The van der Waals surface area contributed by atoms with Crippen molar-refractivity contribution < 1.29 is 0 Å². The maximum atomic E-state index is 5.70. The molecule has 18 heavy (non-hydrogen) atoms. The molecule has 2 heterocycles. The fourth-order valence-electron chi connectivity index (χ4n) is 2.12. The zero-order valence-electron chi connectivity index (χ0n) is 11.1. The van der Waals surface area contributed by atoms with Crippen molar-refractivity contribution in [2.45, 2.75) is 32.6 Å². The van der Waals surface area contributed by atoms with Gasteiger partial charge in [0.15, 0.2) is 0 Å². The Bertz CT molecular complexity index is 517. The molecule has 0 saturated heterocycles. The first-order valence-electron chi connectivity index (χ1n) is 6.13. The molecule has 0 radical (unpaired) electrons. The van der Waals surface area contributed by atoms with E-state index in [1.165, 1.54) is 4.88 Å². The molecular weight excluding hydrogens is 242 g/mol. The van der Waals surface area contributed by atoms with Gasteiger partial charge in [0.2, 0.25) is 0 Å². The Balaban J connectivity index is 2.39. The van der Waals surface area contributed by atoms with Crippen LogP contribution in [0.4, 0.5) is 0 Å². The molecule has 0 aliphatic carbocycles. The Morgan fingerprint density at radius 3 is 2.56 bits per heavy atom. The van der Waals surface area contributed by atoms with Crippen LogP contribution in [0, 0.1) is 6.92 Å². The summed E-state index contributed by atoms with van der Waals surface area (Å²) in [5.74, 6) is 0. The van der Waals surface area contributed by atoms with Crippen LogP contribution in [0.2, 0.25) is 0 Å². The fourth-order valence-corrected chi connectivity index (χ4v) is 3.32. The van der Waals surface area contributed by atoms with Crippen LogP contribution in [0.5, 0.6) is 0 Å². The Morgan fingerprint density at radius 2 is 1.94 bits per heavy atom. The molecule has 3 nitrogen and oxygen atoms in total. The summed E-state index contributed by atoms with van der Waals surface area (Å²) in [5.41, 5.74) is 8.04. The number of pyridine rings is 1. The van der Waals surface area contributed by atoms with Crippen LogP contribution in [0.25, 0.3) is 10.6 Å². The maximum absolute atomic E-state index is 5.70. The van der Waals surface area contributed by atoms with E-state index >= 15 is 0 Å². The van der Waals surface area contributed by atoms with Crippen molar-refractivity contribution in [1.82, 2.24) is 9.97 Å². The summed E-state index contributed by atoms with van der Waals surface area (Å²) in [4.78, 5) is 10.1. The first kappa shape index (κ1) is 13.2. The second-order valence-electron chi connectivity index (χ2n) is 5.09. The van der Waals surface area contributed by atoms with E-state index in [0.717, 1.165) is 22.7 Å². The molecule has 0 atom stereocenters. The topological polar surface area (TPSA) is 51.8 Å². The first-order chi connectivity index (χ1) is 8.54. The number of hydrogen-bond acceptors (Lipinski definition) is 4. The highest BCUT2D eigenvalue weighted by Crippen LogP contribution is 2.37. The van der Waals surface area contributed by atoms with Gasteiger partial charge in [-0.2, -0.15) is 0 Å². The van der Waals surface area contributed by atoms with Crippen LogP contribution in [0.15, 0.2) is 24.5 Å². The highest BCUT2D eigenvalue weighted by atomic mass is 32.1. The predicted octanol–water partition coefficient (Wildman–Crippen LogP) is 3.14. The highest BCUT2D eigenvalue weighted by Gasteiger charge is 2.25. The zero-order chi connectivity index (χ0) is 13.2. The van der Waals surface area contributed by atoms with Crippen LogP contribution in [0.3, 0.4) is 0 Å². The maximum Gasteiger partial charge on any atom is 0.123 e. The number of nitrogens with zero attached hydrogens (tertiary/aromatic N) is 2. The van der Waals surface area contributed by atoms with Crippen LogP contribution in [0.1, 0.15) is 30.8 Å². The van der Waals surface area contributed by atoms with Crippen molar-refractivity contribution >= 4 is 11.3 Å². The third-order valence-corrected chi connectivity index (χ3v) is 4.68. The second-order valence-corrected chi connectivity index (χ2v) is 6.09. The minimum absolute atomic E-state index is 0.0990. The van der Waals surface area contributed by atoms with Crippen molar-refractivity contribution in [2.75, 3.05) is 6.54 Å². The van der Waals surface area contributed by atoms with Crippen LogP contribution in [-0.4, -0.2) is 16.5 Å². The van der Waals surface area contributed by atoms with E-state index in [9.17, 15) is 0 Å². The molecule has 96 valence electrons. The van der Waals surface area contributed by atoms with Gasteiger partial charge in [-0.15, -0.1) is 11.3 Å². The molecule has 4 heteroatoms. The summed E-state index contributed by atoms with van der Waals surface area (Å²) in [6, 6.07) is 4.00. The van der Waals surface area contributed by atoms with Gasteiger partial charge in [-0.25, -0.2) is 4.98 Å². The van der Waals surface area contributed by atoms with Gasteiger partial charge in [-0.05, 0) is 32.0 Å². The third kappa shape index (κ3) is 2.60. The Labute approximate surface area is 112 Å². The van der Waals surface area contributed by atoms with Gasteiger partial charge in [0.05, 0.1) is 5.69 Å². The van der Waals surface area contributed by atoms with Gasteiger partial charge < -0.3 is 5.73 Å². The largest absolute Gasteiger partial charge is 0.330 e. The molecular formula is C14H19N3S. The summed E-state index contributed by atoms with van der Waals surface area (Å²) in [6.07, 6.45) is 4.58. The minimum atomic E-state index is 0.0990. The first-order valence-corrected chi connectivity index (χ1v) is 6.94. The fraction of sp³-hybridized carbons (Fsp3) is 0.429. The summed E-state index contributed by atoms with van der Waals surface area (Å²) < 4.78 is 0. The van der Waals surface area contributed by atoms with Crippen LogP contribution >= 0.6 is 11.3 Å². The molecule has 2 aromatic heterocycles. The number of thiazole rings is 1. The molecule has 2 aromatic rings. The molecule has 0 spiro atoms. The smallest absolute Gasteiger partial charge is 0.123 e. The molecule has 0 aliphatic heterocycles. The molecule has 0 amide bonds. The van der Waals surface area contributed by atoms with Crippen LogP contribution < -0.4 is 5.73 Å². The van der Waals surface area contributed by atoms with Gasteiger partial charge >= 0.3 is 0 Å². The van der Waals surface area contributed by atoms with Crippen molar-refractivity contribution in [3.63, 3.8) is 0 Å². The van der Waals surface area contributed by atoms with Crippen molar-refractivity contribution in [3.8, 4) is 10.6 Å². The number of hydrogen-bond donors (Lipinski definition) is 1. The van der Waals surface area contributed by atoms with Crippen molar-refractivity contribution in [1.29, 1.82) is 0 Å². The average molecular weight is 261 g/mol. The van der Waals surface area contributed by atoms with E-state index < -0.39 is 0 Å². The van der Waals surface area contributed by atoms with Gasteiger partial charge in [0.1, 0.15) is 5.01 Å². The number of nitrogens with two attached hydrogens (primary N) is 1. The Hall–Kier alpha value is -1.26. The van der Waals surface area contributed by atoms with Gasteiger partial charge in [0.25, 0.3) is 0 Å². The lowest BCUT2D eigenvalue weighted by Crippen LogP contribution is -2.21. The second kappa shape index (κ2) is 5.16. The molecule has 2 N–H and O–H groups in total. The lowest BCUT2D eigenvalue weighted by atomic mass is 9.87. The van der Waals surface area contributed by atoms with Gasteiger partial charge in [0, 0.05) is 28.2 Å². The minimum Gasteiger partial charge on any atom is -0.330 e. The summed E-state index contributed by atoms with van der Waals surface area (Å²) in [5, 5.41) is 1.06.